The molecule has 0 saturated heterocycles. The molecule has 3 rings (SSSR count). The van der Waals surface area contributed by atoms with Gasteiger partial charge in [0, 0.05) is 19.4 Å². The molecule has 0 fully saturated rings. The topological polar surface area (TPSA) is 68.0 Å². The molecule has 0 bridgehead atoms. The van der Waals surface area contributed by atoms with Gasteiger partial charge in [0.05, 0.1) is 5.56 Å². The molecule has 0 aliphatic carbocycles. The van der Waals surface area contributed by atoms with Gasteiger partial charge in [0.1, 0.15) is 5.82 Å². The van der Waals surface area contributed by atoms with Crippen molar-refractivity contribution in [1.82, 2.24) is 15.5 Å². The van der Waals surface area contributed by atoms with E-state index in [9.17, 15) is 9.18 Å². The lowest BCUT2D eigenvalue weighted by Crippen LogP contribution is -2.22. The highest BCUT2D eigenvalue weighted by Crippen LogP contribution is 2.21. The number of nitrogens with one attached hydrogen (secondary N) is 1. The van der Waals surface area contributed by atoms with E-state index in [4.69, 9.17) is 4.42 Å². The SMILES string of the molecule is O=C(CCc1nnc(-c2ccccc2F)o1)NCc1ccccc1. The lowest BCUT2D eigenvalue weighted by Gasteiger charge is -2.04. The Morgan fingerprint density at radius 2 is 1.79 bits per heavy atom. The molecule has 2 aromatic carbocycles. The predicted octanol–water partition coefficient (Wildman–Crippen LogP) is 3.12. The van der Waals surface area contributed by atoms with Crippen molar-refractivity contribution in [2.24, 2.45) is 0 Å². The van der Waals surface area contributed by atoms with E-state index in [1.165, 1.54) is 6.07 Å². The molecule has 0 atom stereocenters. The number of aromatic nitrogens is 2. The van der Waals surface area contributed by atoms with Crippen LogP contribution >= 0.6 is 0 Å². The van der Waals surface area contributed by atoms with Crippen molar-refractivity contribution in [2.45, 2.75) is 19.4 Å². The molecule has 0 radical (unpaired) electrons. The lowest BCUT2D eigenvalue weighted by atomic mass is 10.2. The van der Waals surface area contributed by atoms with Gasteiger partial charge in [-0.15, -0.1) is 10.2 Å². The summed E-state index contributed by atoms with van der Waals surface area (Å²) < 4.78 is 19.1. The molecule has 1 heterocycles. The first-order valence-electron chi connectivity index (χ1n) is 7.60. The van der Waals surface area contributed by atoms with Crippen molar-refractivity contribution < 1.29 is 13.6 Å². The van der Waals surface area contributed by atoms with Gasteiger partial charge in [0.15, 0.2) is 0 Å². The van der Waals surface area contributed by atoms with E-state index in [0.29, 0.717) is 18.9 Å². The quantitative estimate of drug-likeness (QED) is 0.756. The maximum absolute atomic E-state index is 13.7. The maximum atomic E-state index is 13.7. The van der Waals surface area contributed by atoms with Gasteiger partial charge in [0.2, 0.25) is 11.8 Å². The van der Waals surface area contributed by atoms with Gasteiger partial charge in [-0.05, 0) is 17.7 Å². The van der Waals surface area contributed by atoms with Gasteiger partial charge in [-0.25, -0.2) is 4.39 Å². The molecule has 0 aliphatic heterocycles. The average molecular weight is 325 g/mol. The van der Waals surface area contributed by atoms with Crippen molar-refractivity contribution >= 4 is 5.91 Å². The second kappa shape index (κ2) is 7.50. The third kappa shape index (κ3) is 4.04. The number of rotatable bonds is 6. The fourth-order valence-electron chi connectivity index (χ4n) is 2.20. The highest BCUT2D eigenvalue weighted by atomic mass is 19.1. The fourth-order valence-corrected chi connectivity index (χ4v) is 2.20. The molecular formula is C18H16FN3O2. The van der Waals surface area contributed by atoms with Crippen LogP contribution in [-0.4, -0.2) is 16.1 Å². The fraction of sp³-hybridized carbons (Fsp3) is 0.167. The number of amides is 1. The van der Waals surface area contributed by atoms with Gasteiger partial charge in [0.25, 0.3) is 5.89 Å². The summed E-state index contributed by atoms with van der Waals surface area (Å²) in [7, 11) is 0. The molecule has 3 aromatic rings. The van der Waals surface area contributed by atoms with Crippen LogP contribution in [0.2, 0.25) is 0 Å². The highest BCUT2D eigenvalue weighted by molar-refractivity contribution is 5.76. The number of benzene rings is 2. The Balaban J connectivity index is 1.52. The Morgan fingerprint density at radius 3 is 2.58 bits per heavy atom. The van der Waals surface area contributed by atoms with E-state index in [-0.39, 0.29) is 23.8 Å². The summed E-state index contributed by atoms with van der Waals surface area (Å²) in [5, 5.41) is 10.5. The largest absolute Gasteiger partial charge is 0.421 e. The zero-order chi connectivity index (χ0) is 16.8. The molecule has 1 N–H and O–H groups in total. The number of hydrogen-bond acceptors (Lipinski definition) is 4. The summed E-state index contributed by atoms with van der Waals surface area (Å²) in [5.74, 6) is -0.103. The van der Waals surface area contributed by atoms with Crippen LogP contribution in [0.4, 0.5) is 4.39 Å². The molecule has 5 nitrogen and oxygen atoms in total. The monoisotopic (exact) mass is 325 g/mol. The van der Waals surface area contributed by atoms with E-state index in [2.05, 4.69) is 15.5 Å². The number of hydrogen-bond donors (Lipinski definition) is 1. The zero-order valence-electron chi connectivity index (χ0n) is 12.9. The smallest absolute Gasteiger partial charge is 0.250 e. The highest BCUT2D eigenvalue weighted by Gasteiger charge is 2.13. The summed E-state index contributed by atoms with van der Waals surface area (Å²) in [6.45, 7) is 0.476. The van der Waals surface area contributed by atoms with Gasteiger partial charge in [-0.1, -0.05) is 42.5 Å². The zero-order valence-corrected chi connectivity index (χ0v) is 12.9. The van der Waals surface area contributed by atoms with Crippen molar-refractivity contribution in [3.05, 3.63) is 71.9 Å². The molecule has 0 spiro atoms. The van der Waals surface area contributed by atoms with Gasteiger partial charge in [-0.3, -0.25) is 4.79 Å². The van der Waals surface area contributed by atoms with Crippen molar-refractivity contribution in [2.75, 3.05) is 0 Å². The molecule has 6 heteroatoms. The predicted molar refractivity (Wildman–Crippen MR) is 86.3 cm³/mol. The van der Waals surface area contributed by atoms with Crippen molar-refractivity contribution in [1.29, 1.82) is 0 Å². The number of carbonyl (C=O) groups excluding carboxylic acids is 1. The Kier molecular flexibility index (Phi) is 4.96. The number of carbonyl (C=O) groups is 1. The minimum Gasteiger partial charge on any atom is -0.421 e. The first-order chi connectivity index (χ1) is 11.7. The Hall–Kier alpha value is -3.02. The second-order valence-electron chi connectivity index (χ2n) is 5.24. The second-order valence-corrected chi connectivity index (χ2v) is 5.24. The van der Waals surface area contributed by atoms with Crippen LogP contribution in [-0.2, 0) is 17.8 Å². The molecule has 1 amide bonds. The van der Waals surface area contributed by atoms with E-state index in [1.807, 2.05) is 30.3 Å². The first kappa shape index (κ1) is 15.9. The van der Waals surface area contributed by atoms with E-state index < -0.39 is 5.82 Å². The maximum Gasteiger partial charge on any atom is 0.250 e. The van der Waals surface area contributed by atoms with Gasteiger partial charge < -0.3 is 9.73 Å². The number of aryl methyl sites for hydroxylation is 1. The molecular weight excluding hydrogens is 309 g/mol. The Bertz CT molecular complexity index is 818. The minimum atomic E-state index is -0.423. The molecule has 122 valence electrons. The first-order valence-corrected chi connectivity index (χ1v) is 7.60. The van der Waals surface area contributed by atoms with E-state index >= 15 is 0 Å². The minimum absolute atomic E-state index is 0.107. The van der Waals surface area contributed by atoms with Crippen LogP contribution in [0, 0.1) is 5.82 Å². The van der Waals surface area contributed by atoms with Gasteiger partial charge >= 0.3 is 0 Å². The normalized spacial score (nSPS) is 10.5. The van der Waals surface area contributed by atoms with Crippen LogP contribution in [0.1, 0.15) is 17.9 Å². The number of nitrogens with zero attached hydrogens (tertiary/aromatic N) is 2. The van der Waals surface area contributed by atoms with Crippen LogP contribution in [0.3, 0.4) is 0 Å². The summed E-state index contributed by atoms with van der Waals surface area (Å²) >= 11 is 0. The van der Waals surface area contributed by atoms with Crippen LogP contribution in [0.5, 0.6) is 0 Å². The van der Waals surface area contributed by atoms with Crippen LogP contribution in [0.15, 0.2) is 59.0 Å². The molecule has 24 heavy (non-hydrogen) atoms. The lowest BCUT2D eigenvalue weighted by molar-refractivity contribution is -0.121. The summed E-state index contributed by atoms with van der Waals surface area (Å²) in [6, 6.07) is 15.8. The Morgan fingerprint density at radius 1 is 1.04 bits per heavy atom. The average Bonchev–Trinajstić information content (AvgIpc) is 3.08. The van der Waals surface area contributed by atoms with Crippen LogP contribution in [0.25, 0.3) is 11.5 Å². The van der Waals surface area contributed by atoms with E-state index in [1.54, 1.807) is 18.2 Å². The molecule has 1 aromatic heterocycles. The van der Waals surface area contributed by atoms with Crippen LogP contribution < -0.4 is 5.32 Å². The summed E-state index contributed by atoms with van der Waals surface area (Å²) in [6.07, 6.45) is 0.536. The van der Waals surface area contributed by atoms with Crippen molar-refractivity contribution in [3.8, 4) is 11.5 Å². The van der Waals surface area contributed by atoms with E-state index in [0.717, 1.165) is 5.56 Å². The molecule has 0 aliphatic rings. The molecule has 0 saturated carbocycles. The van der Waals surface area contributed by atoms with Crippen molar-refractivity contribution in [3.63, 3.8) is 0 Å². The standard InChI is InChI=1S/C18H16FN3O2/c19-15-9-5-4-8-14(15)18-22-21-17(24-18)11-10-16(23)20-12-13-6-2-1-3-7-13/h1-9H,10-12H2,(H,20,23). The summed E-state index contributed by atoms with van der Waals surface area (Å²) in [5.41, 5.74) is 1.29. The Labute approximate surface area is 138 Å². The summed E-state index contributed by atoms with van der Waals surface area (Å²) in [4.78, 5) is 11.9. The third-order valence-corrected chi connectivity index (χ3v) is 3.47. The van der Waals surface area contributed by atoms with Gasteiger partial charge in [-0.2, -0.15) is 0 Å². The molecule has 0 unspecified atom stereocenters. The third-order valence-electron chi connectivity index (χ3n) is 3.47. The number of halogens is 1.